The van der Waals surface area contributed by atoms with E-state index >= 15 is 0 Å². The Hall–Kier alpha value is -3.33. The van der Waals surface area contributed by atoms with Crippen molar-refractivity contribution in [3.8, 4) is 0 Å². The van der Waals surface area contributed by atoms with Crippen LogP contribution in [0, 0.1) is 5.95 Å². The van der Waals surface area contributed by atoms with Gasteiger partial charge in [-0.1, -0.05) is 12.1 Å². The lowest BCUT2D eigenvalue weighted by atomic mass is 10.2. The highest BCUT2D eigenvalue weighted by Crippen LogP contribution is 2.26. The quantitative estimate of drug-likeness (QED) is 0.517. The average Bonchev–Trinajstić information content (AvgIpc) is 3.18. The molecule has 3 aromatic heterocycles. The molecule has 0 unspecified atom stereocenters. The van der Waals surface area contributed by atoms with Gasteiger partial charge in [0.25, 0.3) is 0 Å². The van der Waals surface area contributed by atoms with Crippen molar-refractivity contribution in [3.63, 3.8) is 0 Å². The first-order valence-corrected chi connectivity index (χ1v) is 9.73. The smallest absolute Gasteiger partial charge is 0.238 e. The lowest BCUT2D eigenvalue weighted by Gasteiger charge is -2.29. The van der Waals surface area contributed by atoms with Crippen LogP contribution in [0.25, 0.3) is 21.8 Å². The monoisotopic (exact) mass is 392 g/mol. The summed E-state index contributed by atoms with van der Waals surface area (Å²) in [7, 11) is 0. The molecule has 1 aromatic carbocycles. The van der Waals surface area contributed by atoms with E-state index in [2.05, 4.69) is 30.7 Å². The summed E-state index contributed by atoms with van der Waals surface area (Å²) >= 11 is 0. The molecule has 0 bridgehead atoms. The molecule has 0 amide bonds. The fraction of sp³-hybridized carbons (Fsp3) is 0.300. The second-order valence-electron chi connectivity index (χ2n) is 6.96. The Morgan fingerprint density at radius 1 is 1.07 bits per heavy atom. The standard InChI is InChI=1S/C20H21FN8/c1-2-29-18-14(12-24-29)4-3-13-11-23-20(27-17(13)18)26-16-6-5-15(19(21)25-16)28-9-7-22-8-10-28/h3-6,11-12,22H,2,7-10H2,1H3,(H,23,25,26,27). The van der Waals surface area contributed by atoms with Gasteiger partial charge in [0.1, 0.15) is 11.3 Å². The molecule has 1 fully saturated rings. The molecule has 1 saturated heterocycles. The van der Waals surface area contributed by atoms with Crippen molar-refractivity contribution >= 4 is 39.3 Å². The normalized spacial score (nSPS) is 14.6. The number of benzene rings is 1. The first kappa shape index (κ1) is 17.7. The predicted octanol–water partition coefficient (Wildman–Crippen LogP) is 2.69. The highest BCUT2D eigenvalue weighted by molar-refractivity contribution is 6.03. The largest absolute Gasteiger partial charge is 0.365 e. The van der Waals surface area contributed by atoms with Crippen LogP contribution in [-0.2, 0) is 6.54 Å². The van der Waals surface area contributed by atoms with Crippen molar-refractivity contribution in [2.45, 2.75) is 13.5 Å². The predicted molar refractivity (Wildman–Crippen MR) is 111 cm³/mol. The van der Waals surface area contributed by atoms with E-state index in [1.807, 2.05) is 34.8 Å². The molecule has 8 nitrogen and oxygen atoms in total. The zero-order chi connectivity index (χ0) is 19.8. The number of fused-ring (bicyclic) bond motifs is 3. The SMILES string of the molecule is CCn1ncc2ccc3cnc(Nc4ccc(N5CCNCC5)c(F)n4)nc3c21. The second kappa shape index (κ2) is 7.25. The van der Waals surface area contributed by atoms with Crippen molar-refractivity contribution < 1.29 is 4.39 Å². The van der Waals surface area contributed by atoms with Gasteiger partial charge in [-0.3, -0.25) is 4.68 Å². The number of hydrogen-bond donors (Lipinski definition) is 2. The van der Waals surface area contributed by atoms with Crippen LogP contribution < -0.4 is 15.5 Å². The summed E-state index contributed by atoms with van der Waals surface area (Å²) in [4.78, 5) is 15.1. The van der Waals surface area contributed by atoms with Crippen molar-refractivity contribution in [2.75, 3.05) is 36.4 Å². The van der Waals surface area contributed by atoms with Crippen LogP contribution in [0.4, 0.5) is 21.8 Å². The number of aryl methyl sites for hydroxylation is 1. The summed E-state index contributed by atoms with van der Waals surface area (Å²) in [6.45, 7) is 5.99. The van der Waals surface area contributed by atoms with Gasteiger partial charge in [-0.2, -0.15) is 9.49 Å². The zero-order valence-corrected chi connectivity index (χ0v) is 16.1. The van der Waals surface area contributed by atoms with Gasteiger partial charge in [0.2, 0.25) is 11.9 Å². The molecule has 0 aliphatic carbocycles. The number of pyridine rings is 1. The Morgan fingerprint density at radius 3 is 2.69 bits per heavy atom. The third-order valence-corrected chi connectivity index (χ3v) is 5.18. The number of halogens is 1. The fourth-order valence-electron chi connectivity index (χ4n) is 3.72. The molecule has 0 radical (unpaired) electrons. The highest BCUT2D eigenvalue weighted by atomic mass is 19.1. The number of hydrogen-bond acceptors (Lipinski definition) is 7. The Balaban J connectivity index is 1.47. The van der Waals surface area contributed by atoms with Gasteiger partial charge in [-0.25, -0.2) is 15.0 Å². The van der Waals surface area contributed by atoms with Crippen LogP contribution in [0.3, 0.4) is 0 Å². The van der Waals surface area contributed by atoms with Crippen molar-refractivity contribution in [2.24, 2.45) is 0 Å². The number of rotatable bonds is 4. The Kier molecular flexibility index (Phi) is 4.44. The van der Waals surface area contributed by atoms with E-state index in [0.717, 1.165) is 54.5 Å². The number of piperazine rings is 1. The van der Waals surface area contributed by atoms with Gasteiger partial charge in [0.05, 0.1) is 17.4 Å². The van der Waals surface area contributed by atoms with Gasteiger partial charge >= 0.3 is 0 Å². The number of aromatic nitrogens is 5. The maximum absolute atomic E-state index is 14.6. The van der Waals surface area contributed by atoms with Gasteiger partial charge in [-0.15, -0.1) is 0 Å². The van der Waals surface area contributed by atoms with E-state index in [9.17, 15) is 4.39 Å². The first-order chi connectivity index (χ1) is 14.2. The summed E-state index contributed by atoms with van der Waals surface area (Å²) in [5.74, 6) is 0.247. The van der Waals surface area contributed by atoms with E-state index in [1.54, 1.807) is 18.3 Å². The van der Waals surface area contributed by atoms with Crippen LogP contribution >= 0.6 is 0 Å². The zero-order valence-electron chi connectivity index (χ0n) is 16.1. The molecule has 1 aliphatic heterocycles. The van der Waals surface area contributed by atoms with Crippen molar-refractivity contribution in [1.29, 1.82) is 0 Å². The minimum Gasteiger partial charge on any atom is -0.365 e. The summed E-state index contributed by atoms with van der Waals surface area (Å²) in [6.07, 6.45) is 3.59. The van der Waals surface area contributed by atoms with Crippen LogP contribution in [0.15, 0.2) is 36.7 Å². The van der Waals surface area contributed by atoms with Crippen LogP contribution in [0.5, 0.6) is 0 Å². The van der Waals surface area contributed by atoms with Gasteiger partial charge in [-0.05, 0) is 19.1 Å². The first-order valence-electron chi connectivity index (χ1n) is 9.73. The van der Waals surface area contributed by atoms with Gasteiger partial charge < -0.3 is 15.5 Å². The maximum atomic E-state index is 14.6. The fourth-order valence-corrected chi connectivity index (χ4v) is 3.72. The molecular weight excluding hydrogens is 371 g/mol. The second-order valence-corrected chi connectivity index (χ2v) is 6.96. The molecule has 1 aliphatic rings. The average molecular weight is 392 g/mol. The van der Waals surface area contributed by atoms with Gasteiger partial charge in [0, 0.05) is 49.7 Å². The van der Waals surface area contributed by atoms with Crippen molar-refractivity contribution in [1.82, 2.24) is 30.0 Å². The van der Waals surface area contributed by atoms with E-state index in [4.69, 9.17) is 0 Å². The summed E-state index contributed by atoms with van der Waals surface area (Å²) in [5, 5.41) is 12.6. The lowest BCUT2D eigenvalue weighted by Crippen LogP contribution is -2.44. The molecule has 0 saturated carbocycles. The summed E-state index contributed by atoms with van der Waals surface area (Å²) in [6, 6.07) is 7.49. The minimum atomic E-state index is -0.496. The molecule has 4 aromatic rings. The summed E-state index contributed by atoms with van der Waals surface area (Å²) < 4.78 is 16.5. The van der Waals surface area contributed by atoms with E-state index in [0.29, 0.717) is 17.5 Å². The lowest BCUT2D eigenvalue weighted by molar-refractivity contribution is 0.549. The van der Waals surface area contributed by atoms with E-state index in [1.165, 1.54) is 0 Å². The Bertz CT molecular complexity index is 1180. The molecule has 148 valence electrons. The van der Waals surface area contributed by atoms with Crippen LogP contribution in [0.2, 0.25) is 0 Å². The highest BCUT2D eigenvalue weighted by Gasteiger charge is 2.16. The Labute approximate surface area is 166 Å². The number of anilines is 3. The molecule has 29 heavy (non-hydrogen) atoms. The minimum absolute atomic E-state index is 0.371. The topological polar surface area (TPSA) is 83.8 Å². The van der Waals surface area contributed by atoms with Gasteiger partial charge in [0.15, 0.2) is 0 Å². The van der Waals surface area contributed by atoms with Crippen LogP contribution in [-0.4, -0.2) is 50.9 Å². The third kappa shape index (κ3) is 3.23. The third-order valence-electron chi connectivity index (χ3n) is 5.18. The molecule has 4 heterocycles. The van der Waals surface area contributed by atoms with E-state index < -0.39 is 5.95 Å². The van der Waals surface area contributed by atoms with E-state index in [-0.39, 0.29) is 0 Å². The number of nitrogens with one attached hydrogen (secondary N) is 2. The molecule has 9 heteroatoms. The number of nitrogens with zero attached hydrogens (tertiary/aromatic N) is 6. The molecule has 0 atom stereocenters. The molecule has 0 spiro atoms. The molecular formula is C20H21FN8. The van der Waals surface area contributed by atoms with Crippen molar-refractivity contribution in [3.05, 3.63) is 42.6 Å². The van der Waals surface area contributed by atoms with Crippen LogP contribution in [0.1, 0.15) is 6.92 Å². The Morgan fingerprint density at radius 2 is 1.90 bits per heavy atom. The maximum Gasteiger partial charge on any atom is 0.238 e. The molecule has 5 rings (SSSR count). The molecule has 2 N–H and O–H groups in total. The summed E-state index contributed by atoms with van der Waals surface area (Å²) in [5.41, 5.74) is 2.28.